The van der Waals surface area contributed by atoms with Crippen molar-refractivity contribution in [2.24, 2.45) is 5.92 Å². The quantitative estimate of drug-likeness (QED) is 0.825. The topological polar surface area (TPSA) is 40.5 Å². The van der Waals surface area contributed by atoms with Crippen molar-refractivity contribution in [1.29, 1.82) is 0 Å². The number of carboxylic acid groups (broad SMARTS) is 1. The van der Waals surface area contributed by atoms with Crippen LogP contribution in [0.15, 0.2) is 24.3 Å². The van der Waals surface area contributed by atoms with Gasteiger partial charge in [0, 0.05) is 12.6 Å². The summed E-state index contributed by atoms with van der Waals surface area (Å²) in [5.74, 6) is -0.520. The average molecular weight is 277 g/mol. The molecule has 0 amide bonds. The zero-order valence-corrected chi connectivity index (χ0v) is 13.3. The molecule has 0 aliphatic heterocycles. The van der Waals surface area contributed by atoms with Crippen molar-refractivity contribution in [3.8, 4) is 0 Å². The minimum Gasteiger partial charge on any atom is -0.481 e. The molecule has 2 atom stereocenters. The van der Waals surface area contributed by atoms with Crippen LogP contribution < -0.4 is 0 Å². The van der Waals surface area contributed by atoms with E-state index in [0.717, 1.165) is 12.1 Å². The SMILES string of the molecule is CC(C)CC(C)N(C)Cc1ccc(C(C)C(=O)O)cc1. The van der Waals surface area contributed by atoms with E-state index in [2.05, 4.69) is 32.7 Å². The van der Waals surface area contributed by atoms with Crippen LogP contribution in [0.3, 0.4) is 0 Å². The molecule has 1 aromatic rings. The third-order valence-corrected chi connectivity index (χ3v) is 3.85. The van der Waals surface area contributed by atoms with Gasteiger partial charge in [0.2, 0.25) is 0 Å². The van der Waals surface area contributed by atoms with Gasteiger partial charge in [-0.2, -0.15) is 0 Å². The fraction of sp³-hybridized carbons (Fsp3) is 0.588. The fourth-order valence-corrected chi connectivity index (χ4v) is 2.36. The fourth-order valence-electron chi connectivity index (χ4n) is 2.36. The van der Waals surface area contributed by atoms with E-state index in [0.29, 0.717) is 12.0 Å². The maximum absolute atomic E-state index is 10.9. The first-order valence-corrected chi connectivity index (χ1v) is 7.33. The van der Waals surface area contributed by atoms with Gasteiger partial charge in [0.05, 0.1) is 5.92 Å². The lowest BCUT2D eigenvalue weighted by atomic mass is 9.99. The molecule has 2 unspecified atom stereocenters. The predicted molar refractivity (Wildman–Crippen MR) is 82.9 cm³/mol. The number of carbonyl (C=O) groups is 1. The van der Waals surface area contributed by atoms with Crippen molar-refractivity contribution in [2.75, 3.05) is 7.05 Å². The average Bonchev–Trinajstić information content (AvgIpc) is 2.37. The van der Waals surface area contributed by atoms with Crippen molar-refractivity contribution in [1.82, 2.24) is 4.90 Å². The first-order chi connectivity index (χ1) is 9.31. The van der Waals surface area contributed by atoms with Gasteiger partial charge in [0.15, 0.2) is 0 Å². The smallest absolute Gasteiger partial charge is 0.310 e. The van der Waals surface area contributed by atoms with Gasteiger partial charge >= 0.3 is 5.97 Å². The van der Waals surface area contributed by atoms with E-state index in [-0.39, 0.29) is 0 Å². The van der Waals surface area contributed by atoms with Crippen LogP contribution in [-0.2, 0) is 11.3 Å². The summed E-state index contributed by atoms with van der Waals surface area (Å²) in [4.78, 5) is 13.3. The normalized spacial score (nSPS) is 14.6. The molecule has 0 spiro atoms. The highest BCUT2D eigenvalue weighted by atomic mass is 16.4. The maximum atomic E-state index is 10.9. The summed E-state index contributed by atoms with van der Waals surface area (Å²) in [7, 11) is 2.14. The first kappa shape index (κ1) is 16.7. The van der Waals surface area contributed by atoms with Gasteiger partial charge in [-0.25, -0.2) is 0 Å². The number of benzene rings is 1. The molecule has 1 N–H and O–H groups in total. The Morgan fingerprint density at radius 3 is 2.15 bits per heavy atom. The highest BCUT2D eigenvalue weighted by molar-refractivity contribution is 5.75. The Morgan fingerprint density at radius 2 is 1.70 bits per heavy atom. The van der Waals surface area contributed by atoms with E-state index < -0.39 is 11.9 Å². The van der Waals surface area contributed by atoms with Crippen LogP contribution in [0, 0.1) is 5.92 Å². The van der Waals surface area contributed by atoms with Crippen molar-refractivity contribution in [2.45, 2.75) is 52.6 Å². The maximum Gasteiger partial charge on any atom is 0.310 e. The van der Waals surface area contributed by atoms with E-state index >= 15 is 0 Å². The van der Waals surface area contributed by atoms with Crippen LogP contribution in [0.4, 0.5) is 0 Å². The van der Waals surface area contributed by atoms with Gasteiger partial charge in [0.25, 0.3) is 0 Å². The van der Waals surface area contributed by atoms with Gasteiger partial charge in [-0.05, 0) is 44.4 Å². The summed E-state index contributed by atoms with van der Waals surface area (Å²) in [6.07, 6.45) is 1.19. The molecule has 0 saturated carbocycles. The monoisotopic (exact) mass is 277 g/mol. The third-order valence-electron chi connectivity index (χ3n) is 3.85. The molecule has 1 rings (SSSR count). The zero-order chi connectivity index (χ0) is 15.3. The van der Waals surface area contributed by atoms with E-state index in [1.807, 2.05) is 24.3 Å². The van der Waals surface area contributed by atoms with Gasteiger partial charge in [-0.1, -0.05) is 38.1 Å². The molecular weight excluding hydrogens is 250 g/mol. The number of rotatable bonds is 7. The largest absolute Gasteiger partial charge is 0.481 e. The molecule has 0 heterocycles. The van der Waals surface area contributed by atoms with Gasteiger partial charge in [0.1, 0.15) is 0 Å². The molecule has 3 heteroatoms. The molecule has 3 nitrogen and oxygen atoms in total. The Labute approximate surface area is 122 Å². The highest BCUT2D eigenvalue weighted by Crippen LogP contribution is 2.18. The van der Waals surface area contributed by atoms with Crippen molar-refractivity contribution in [3.63, 3.8) is 0 Å². The minimum atomic E-state index is -0.777. The molecule has 0 saturated heterocycles. The molecule has 112 valence electrons. The second kappa shape index (κ2) is 7.44. The van der Waals surface area contributed by atoms with Crippen LogP contribution in [0.2, 0.25) is 0 Å². The number of hydrogen-bond acceptors (Lipinski definition) is 2. The Kier molecular flexibility index (Phi) is 6.21. The van der Waals surface area contributed by atoms with E-state index in [1.54, 1.807) is 6.92 Å². The standard InChI is InChI=1S/C17H27NO2/c1-12(2)10-13(3)18(5)11-15-6-8-16(9-7-15)14(4)17(19)20/h6-9,12-14H,10-11H2,1-5H3,(H,19,20). The van der Waals surface area contributed by atoms with E-state index in [9.17, 15) is 4.79 Å². The van der Waals surface area contributed by atoms with E-state index in [1.165, 1.54) is 12.0 Å². The van der Waals surface area contributed by atoms with Crippen LogP contribution in [0.1, 0.15) is 51.2 Å². The highest BCUT2D eigenvalue weighted by Gasteiger charge is 2.14. The van der Waals surface area contributed by atoms with Crippen LogP contribution >= 0.6 is 0 Å². The Hall–Kier alpha value is -1.35. The Balaban J connectivity index is 2.63. The Morgan fingerprint density at radius 1 is 1.15 bits per heavy atom. The number of nitrogens with zero attached hydrogens (tertiary/aromatic N) is 1. The second-order valence-corrected chi connectivity index (χ2v) is 6.20. The van der Waals surface area contributed by atoms with Gasteiger partial charge in [-0.3, -0.25) is 9.69 Å². The summed E-state index contributed by atoms with van der Waals surface area (Å²) < 4.78 is 0. The summed E-state index contributed by atoms with van der Waals surface area (Å²) >= 11 is 0. The van der Waals surface area contributed by atoms with Gasteiger partial charge in [-0.15, -0.1) is 0 Å². The summed E-state index contributed by atoms with van der Waals surface area (Å²) in [6, 6.07) is 8.47. The molecule has 0 bridgehead atoms. The molecule has 0 radical (unpaired) electrons. The first-order valence-electron chi connectivity index (χ1n) is 7.33. The Bertz CT molecular complexity index is 425. The third kappa shape index (κ3) is 4.97. The van der Waals surface area contributed by atoms with E-state index in [4.69, 9.17) is 5.11 Å². The lowest BCUT2D eigenvalue weighted by Gasteiger charge is -2.26. The van der Waals surface area contributed by atoms with Crippen LogP contribution in [-0.4, -0.2) is 29.1 Å². The summed E-state index contributed by atoms with van der Waals surface area (Å²) in [6.45, 7) is 9.35. The lowest BCUT2D eigenvalue weighted by molar-refractivity contribution is -0.138. The summed E-state index contributed by atoms with van der Waals surface area (Å²) in [5.41, 5.74) is 2.09. The molecule has 0 aliphatic rings. The van der Waals surface area contributed by atoms with Crippen LogP contribution in [0.5, 0.6) is 0 Å². The predicted octanol–water partition coefficient (Wildman–Crippen LogP) is 3.74. The number of hydrogen-bond donors (Lipinski definition) is 1. The van der Waals surface area contributed by atoms with Crippen molar-refractivity contribution in [3.05, 3.63) is 35.4 Å². The summed E-state index contributed by atoms with van der Waals surface area (Å²) in [5, 5.41) is 9.00. The number of carboxylic acids is 1. The van der Waals surface area contributed by atoms with Crippen molar-refractivity contribution < 1.29 is 9.90 Å². The molecule has 0 fully saturated rings. The molecular formula is C17H27NO2. The molecule has 20 heavy (non-hydrogen) atoms. The number of aliphatic carboxylic acids is 1. The molecule has 0 aliphatic carbocycles. The van der Waals surface area contributed by atoms with Crippen molar-refractivity contribution >= 4 is 5.97 Å². The second-order valence-electron chi connectivity index (χ2n) is 6.20. The lowest BCUT2D eigenvalue weighted by Crippen LogP contribution is -2.29. The zero-order valence-electron chi connectivity index (χ0n) is 13.3. The molecule has 1 aromatic carbocycles. The van der Waals surface area contributed by atoms with Gasteiger partial charge < -0.3 is 5.11 Å². The van der Waals surface area contributed by atoms with Crippen LogP contribution in [0.25, 0.3) is 0 Å². The molecule has 0 aromatic heterocycles. The minimum absolute atomic E-state index is 0.443.